The van der Waals surface area contributed by atoms with Gasteiger partial charge in [0.1, 0.15) is 5.75 Å². The first-order chi connectivity index (χ1) is 14.0. The molecule has 0 saturated heterocycles. The Bertz CT molecular complexity index is 925. The minimum absolute atomic E-state index is 0.00168. The Balaban J connectivity index is 1.45. The zero-order valence-electron chi connectivity index (χ0n) is 15.7. The molecule has 0 radical (unpaired) electrons. The van der Waals surface area contributed by atoms with Crippen molar-refractivity contribution < 1.29 is 19.1 Å². The first-order valence-electron chi connectivity index (χ1n) is 8.93. The van der Waals surface area contributed by atoms with Crippen LogP contribution in [0.2, 0.25) is 0 Å². The molecule has 8 nitrogen and oxygen atoms in total. The van der Waals surface area contributed by atoms with Gasteiger partial charge >= 0.3 is 0 Å². The summed E-state index contributed by atoms with van der Waals surface area (Å²) in [6, 6.07) is 13.0. The lowest BCUT2D eigenvalue weighted by atomic mass is 10.2. The highest BCUT2D eigenvalue weighted by Crippen LogP contribution is 2.30. The van der Waals surface area contributed by atoms with Gasteiger partial charge < -0.3 is 10.1 Å². The molecule has 1 aliphatic carbocycles. The van der Waals surface area contributed by atoms with E-state index in [4.69, 9.17) is 17.0 Å². The van der Waals surface area contributed by atoms with Gasteiger partial charge in [0, 0.05) is 22.7 Å². The molecule has 1 saturated carbocycles. The molecule has 9 heteroatoms. The Labute approximate surface area is 173 Å². The summed E-state index contributed by atoms with van der Waals surface area (Å²) in [5.74, 6) is -0.118. The minimum atomic E-state index is -0.439. The number of carbonyl (C=O) groups is 3. The number of hydrazine groups is 1. The Morgan fingerprint density at radius 2 is 1.48 bits per heavy atom. The maximum atomic E-state index is 12.2. The summed E-state index contributed by atoms with van der Waals surface area (Å²) in [5, 5.41) is 5.22. The summed E-state index contributed by atoms with van der Waals surface area (Å²) in [4.78, 5) is 36.0. The highest BCUT2D eigenvalue weighted by molar-refractivity contribution is 7.80. The standard InChI is InChI=1S/C20H20N4O4S/c1-28-16-10-6-13(7-11-16)18(26)22-20(29)24-23-19(27)14-4-8-15(9-5-14)21-17(25)12-2-3-12/h4-12H,2-3H2,1H3,(H,21,25)(H,23,27)(H2,22,24,26,29). The molecule has 4 N–H and O–H groups in total. The quantitative estimate of drug-likeness (QED) is 0.442. The lowest BCUT2D eigenvalue weighted by Crippen LogP contribution is -2.48. The molecule has 0 atom stereocenters. The zero-order valence-corrected chi connectivity index (χ0v) is 16.5. The van der Waals surface area contributed by atoms with Gasteiger partial charge in [-0.1, -0.05) is 0 Å². The number of anilines is 1. The van der Waals surface area contributed by atoms with Crippen LogP contribution in [0, 0.1) is 5.92 Å². The smallest absolute Gasteiger partial charge is 0.269 e. The van der Waals surface area contributed by atoms with Gasteiger partial charge in [-0.2, -0.15) is 0 Å². The molecule has 0 aliphatic heterocycles. The van der Waals surface area contributed by atoms with Crippen molar-refractivity contribution in [1.82, 2.24) is 16.2 Å². The predicted molar refractivity (Wildman–Crippen MR) is 111 cm³/mol. The molecule has 0 aromatic heterocycles. The molecule has 3 amide bonds. The van der Waals surface area contributed by atoms with Crippen molar-refractivity contribution in [3.8, 4) is 5.75 Å². The van der Waals surface area contributed by atoms with Crippen molar-refractivity contribution >= 4 is 40.7 Å². The monoisotopic (exact) mass is 412 g/mol. The highest BCUT2D eigenvalue weighted by Gasteiger charge is 2.29. The number of hydrogen-bond donors (Lipinski definition) is 4. The Kier molecular flexibility index (Phi) is 6.40. The second kappa shape index (κ2) is 9.16. The number of nitrogens with one attached hydrogen (secondary N) is 4. The van der Waals surface area contributed by atoms with Crippen LogP contribution in [-0.4, -0.2) is 29.9 Å². The average molecular weight is 412 g/mol. The minimum Gasteiger partial charge on any atom is -0.497 e. The molecule has 1 fully saturated rings. The summed E-state index contributed by atoms with van der Waals surface area (Å²) < 4.78 is 5.04. The van der Waals surface area contributed by atoms with Crippen LogP contribution in [0.15, 0.2) is 48.5 Å². The third-order valence-electron chi connectivity index (χ3n) is 4.23. The molecular weight excluding hydrogens is 392 g/mol. The number of rotatable bonds is 5. The molecule has 2 aromatic carbocycles. The number of thiocarbonyl (C=S) groups is 1. The normalized spacial score (nSPS) is 12.4. The lowest BCUT2D eigenvalue weighted by Gasteiger charge is -2.11. The Morgan fingerprint density at radius 3 is 2.07 bits per heavy atom. The molecule has 2 aromatic rings. The van der Waals surface area contributed by atoms with Crippen LogP contribution in [0.4, 0.5) is 5.69 Å². The van der Waals surface area contributed by atoms with Crippen molar-refractivity contribution in [3.05, 3.63) is 59.7 Å². The van der Waals surface area contributed by atoms with Gasteiger partial charge in [0.2, 0.25) is 5.91 Å². The summed E-state index contributed by atoms with van der Waals surface area (Å²) in [7, 11) is 1.54. The fourth-order valence-corrected chi connectivity index (χ4v) is 2.57. The van der Waals surface area contributed by atoms with E-state index in [1.165, 1.54) is 7.11 Å². The van der Waals surface area contributed by atoms with E-state index in [2.05, 4.69) is 21.5 Å². The first kappa shape index (κ1) is 20.3. The third kappa shape index (κ3) is 5.76. The molecular formula is C20H20N4O4S. The maximum absolute atomic E-state index is 12.2. The van der Waals surface area contributed by atoms with Crippen molar-refractivity contribution in [2.24, 2.45) is 5.92 Å². The van der Waals surface area contributed by atoms with Crippen LogP contribution in [0.1, 0.15) is 33.6 Å². The fraction of sp³-hybridized carbons (Fsp3) is 0.200. The van der Waals surface area contributed by atoms with E-state index in [1.54, 1.807) is 48.5 Å². The highest BCUT2D eigenvalue weighted by atomic mass is 32.1. The van der Waals surface area contributed by atoms with Gasteiger partial charge in [0.05, 0.1) is 7.11 Å². The number of benzene rings is 2. The SMILES string of the molecule is COc1ccc(C(=O)NC(=S)NNC(=O)c2ccc(NC(=O)C3CC3)cc2)cc1. The van der Waals surface area contributed by atoms with E-state index in [0.717, 1.165) is 12.8 Å². The van der Waals surface area contributed by atoms with Gasteiger partial charge in [-0.15, -0.1) is 0 Å². The van der Waals surface area contributed by atoms with E-state index < -0.39 is 11.8 Å². The number of methoxy groups -OCH3 is 1. The largest absolute Gasteiger partial charge is 0.497 e. The van der Waals surface area contributed by atoms with Crippen molar-refractivity contribution in [2.45, 2.75) is 12.8 Å². The van der Waals surface area contributed by atoms with Gasteiger partial charge in [0.25, 0.3) is 11.8 Å². The second-order valence-electron chi connectivity index (χ2n) is 6.43. The Hall–Kier alpha value is -3.46. The van der Waals surface area contributed by atoms with Crippen LogP contribution in [0.25, 0.3) is 0 Å². The van der Waals surface area contributed by atoms with Crippen LogP contribution in [0.5, 0.6) is 5.75 Å². The molecule has 29 heavy (non-hydrogen) atoms. The van der Waals surface area contributed by atoms with Gasteiger partial charge in [0.15, 0.2) is 5.11 Å². The van der Waals surface area contributed by atoms with Crippen LogP contribution in [-0.2, 0) is 4.79 Å². The first-order valence-corrected chi connectivity index (χ1v) is 9.34. The van der Waals surface area contributed by atoms with Crippen molar-refractivity contribution in [2.75, 3.05) is 12.4 Å². The van der Waals surface area contributed by atoms with Crippen LogP contribution < -0.4 is 26.2 Å². The lowest BCUT2D eigenvalue weighted by molar-refractivity contribution is -0.117. The summed E-state index contributed by atoms with van der Waals surface area (Å²) in [5.41, 5.74) is 6.28. The molecule has 1 aliphatic rings. The summed E-state index contributed by atoms with van der Waals surface area (Å²) in [6.45, 7) is 0. The van der Waals surface area contributed by atoms with Crippen molar-refractivity contribution in [1.29, 1.82) is 0 Å². The average Bonchev–Trinajstić information content (AvgIpc) is 3.58. The molecule has 0 unspecified atom stereocenters. The van der Waals surface area contributed by atoms with Crippen LogP contribution >= 0.6 is 12.2 Å². The zero-order chi connectivity index (χ0) is 20.8. The van der Waals surface area contributed by atoms with E-state index in [1.807, 2.05) is 0 Å². The Morgan fingerprint density at radius 1 is 0.897 bits per heavy atom. The topological polar surface area (TPSA) is 109 Å². The second-order valence-corrected chi connectivity index (χ2v) is 6.84. The maximum Gasteiger partial charge on any atom is 0.269 e. The number of ether oxygens (including phenoxy) is 1. The van der Waals surface area contributed by atoms with E-state index >= 15 is 0 Å². The summed E-state index contributed by atoms with van der Waals surface area (Å²) >= 11 is 5.02. The molecule has 0 bridgehead atoms. The van der Waals surface area contributed by atoms with Gasteiger partial charge in [-0.25, -0.2) is 0 Å². The molecule has 3 rings (SSSR count). The van der Waals surface area contributed by atoms with E-state index in [9.17, 15) is 14.4 Å². The predicted octanol–water partition coefficient (Wildman–Crippen LogP) is 1.99. The molecule has 0 heterocycles. The third-order valence-corrected chi connectivity index (χ3v) is 4.44. The molecule has 150 valence electrons. The van der Waals surface area contributed by atoms with Gasteiger partial charge in [-0.05, 0) is 73.6 Å². The van der Waals surface area contributed by atoms with E-state index in [0.29, 0.717) is 22.6 Å². The summed E-state index contributed by atoms with van der Waals surface area (Å²) in [6.07, 6.45) is 1.85. The fourth-order valence-electron chi connectivity index (χ4n) is 2.43. The molecule has 0 spiro atoms. The van der Waals surface area contributed by atoms with Gasteiger partial charge in [-0.3, -0.25) is 30.6 Å². The number of hydrogen-bond acceptors (Lipinski definition) is 5. The van der Waals surface area contributed by atoms with E-state index in [-0.39, 0.29) is 16.9 Å². The number of carbonyl (C=O) groups excluding carboxylic acids is 3. The van der Waals surface area contributed by atoms with Crippen LogP contribution in [0.3, 0.4) is 0 Å². The number of amides is 3. The van der Waals surface area contributed by atoms with Crippen molar-refractivity contribution in [3.63, 3.8) is 0 Å².